The summed E-state index contributed by atoms with van der Waals surface area (Å²) in [5.41, 5.74) is 3.59. The van der Waals surface area contributed by atoms with Gasteiger partial charge < -0.3 is 9.62 Å². The fraction of sp³-hybridized carbons (Fsp3) is 0.125. The van der Waals surface area contributed by atoms with E-state index in [0.29, 0.717) is 6.54 Å². The Balaban J connectivity index is 2.46. The van der Waals surface area contributed by atoms with Crippen molar-refractivity contribution in [3.05, 3.63) is 30.3 Å². The van der Waals surface area contributed by atoms with Crippen molar-refractivity contribution in [2.45, 2.75) is 6.54 Å². The van der Waals surface area contributed by atoms with Gasteiger partial charge in [0.05, 0.1) is 24.7 Å². The van der Waals surface area contributed by atoms with Crippen LogP contribution in [0.5, 0.6) is 0 Å². The fourth-order valence-corrected chi connectivity index (χ4v) is 1.09. The van der Waals surface area contributed by atoms with Crippen LogP contribution >= 0.6 is 0 Å². The lowest BCUT2D eigenvalue weighted by molar-refractivity contribution is 0.160. The Morgan fingerprint density at radius 3 is 3.33 bits per heavy atom. The summed E-state index contributed by atoms with van der Waals surface area (Å²) in [4.78, 5) is 4.05. The minimum atomic E-state index is 0.348. The molecule has 0 spiro atoms. The summed E-state index contributed by atoms with van der Waals surface area (Å²) in [6.45, 7) is 0.348. The van der Waals surface area contributed by atoms with Crippen LogP contribution in [0.3, 0.4) is 0 Å². The van der Waals surface area contributed by atoms with Gasteiger partial charge in [-0.15, -0.1) is 0 Å². The summed E-state index contributed by atoms with van der Waals surface area (Å²) in [7, 11) is 0. The number of pyridine rings is 1. The highest BCUT2D eigenvalue weighted by atomic mass is 16.5. The normalized spacial score (nSPS) is 10.8. The van der Waals surface area contributed by atoms with Gasteiger partial charge in [0, 0.05) is 5.39 Å². The predicted octanol–water partition coefficient (Wildman–Crippen LogP) is 1.31. The third kappa shape index (κ3) is 1.17. The zero-order valence-electron chi connectivity index (χ0n) is 6.32. The topological polar surface area (TPSA) is 58.3 Å². The smallest absolute Gasteiger partial charge is 0.152 e. The van der Waals surface area contributed by atoms with Gasteiger partial charge in [0.1, 0.15) is 0 Å². The average Bonchev–Trinajstić information content (AvgIpc) is 2.51. The van der Waals surface area contributed by atoms with Crippen molar-refractivity contribution >= 4 is 11.0 Å². The van der Waals surface area contributed by atoms with Gasteiger partial charge in [0.2, 0.25) is 0 Å². The van der Waals surface area contributed by atoms with E-state index in [1.807, 2.05) is 17.6 Å². The van der Waals surface area contributed by atoms with E-state index < -0.39 is 0 Å². The van der Waals surface area contributed by atoms with Gasteiger partial charge in [-0.25, -0.2) is 0 Å². The second-order valence-corrected chi connectivity index (χ2v) is 2.47. The molecule has 2 heterocycles. The molecular formula is C8H8N2O2. The van der Waals surface area contributed by atoms with Crippen molar-refractivity contribution in [3.63, 3.8) is 0 Å². The summed E-state index contributed by atoms with van der Waals surface area (Å²) in [6, 6.07) is 3.72. The summed E-state index contributed by atoms with van der Waals surface area (Å²) in [5.74, 6) is 0. The molecule has 0 radical (unpaired) electrons. The Kier molecular flexibility index (Phi) is 1.77. The standard InChI is InChI=1S/C8H8N2O2/c11-10-4-7-3-6-1-2-12-8(6)5-9-7/h1-3,5,10-11H,4H2. The number of aromatic nitrogens is 1. The van der Waals surface area contributed by atoms with Crippen LogP contribution in [0, 0.1) is 0 Å². The fourth-order valence-electron chi connectivity index (χ4n) is 1.09. The lowest BCUT2D eigenvalue weighted by atomic mass is 10.3. The number of furan rings is 1. The molecule has 0 amide bonds. The predicted molar refractivity (Wildman–Crippen MR) is 42.6 cm³/mol. The van der Waals surface area contributed by atoms with Gasteiger partial charge in [0.25, 0.3) is 0 Å². The van der Waals surface area contributed by atoms with Gasteiger partial charge in [-0.2, -0.15) is 5.48 Å². The van der Waals surface area contributed by atoms with Crippen LogP contribution in [-0.4, -0.2) is 10.2 Å². The molecule has 0 aliphatic rings. The summed E-state index contributed by atoms with van der Waals surface area (Å²) < 4.78 is 5.11. The number of rotatable bonds is 2. The second-order valence-electron chi connectivity index (χ2n) is 2.47. The Bertz CT molecular complexity index is 383. The first-order valence-electron chi connectivity index (χ1n) is 3.59. The van der Waals surface area contributed by atoms with Crippen LogP contribution in [0.1, 0.15) is 5.69 Å². The molecule has 2 aromatic rings. The Morgan fingerprint density at radius 1 is 1.58 bits per heavy atom. The minimum absolute atomic E-state index is 0.348. The number of hydroxylamine groups is 1. The molecule has 0 saturated heterocycles. The maximum Gasteiger partial charge on any atom is 0.152 e. The Labute approximate surface area is 68.8 Å². The van der Waals surface area contributed by atoms with E-state index >= 15 is 0 Å². The van der Waals surface area contributed by atoms with Crippen LogP contribution in [0.15, 0.2) is 29.0 Å². The van der Waals surface area contributed by atoms with Gasteiger partial charge in [-0.1, -0.05) is 0 Å². The third-order valence-electron chi connectivity index (χ3n) is 1.66. The second kappa shape index (κ2) is 2.92. The average molecular weight is 164 g/mol. The molecule has 0 saturated carbocycles. The highest BCUT2D eigenvalue weighted by Gasteiger charge is 1.98. The van der Waals surface area contributed by atoms with Gasteiger partial charge in [0.15, 0.2) is 5.58 Å². The Hall–Kier alpha value is -1.39. The monoisotopic (exact) mass is 164 g/mol. The van der Waals surface area contributed by atoms with E-state index in [0.717, 1.165) is 16.7 Å². The quantitative estimate of drug-likeness (QED) is 0.657. The maximum atomic E-state index is 8.43. The van der Waals surface area contributed by atoms with Crippen LogP contribution in [0.2, 0.25) is 0 Å². The third-order valence-corrected chi connectivity index (χ3v) is 1.66. The lowest BCUT2D eigenvalue weighted by Gasteiger charge is -1.96. The van der Waals surface area contributed by atoms with Crippen LogP contribution in [0.25, 0.3) is 11.0 Å². The van der Waals surface area contributed by atoms with E-state index in [1.54, 1.807) is 12.5 Å². The molecule has 2 N–H and O–H groups in total. The van der Waals surface area contributed by atoms with E-state index in [2.05, 4.69) is 4.98 Å². The van der Waals surface area contributed by atoms with Crippen molar-refractivity contribution in [1.82, 2.24) is 10.5 Å². The number of hydrogen-bond donors (Lipinski definition) is 2. The van der Waals surface area contributed by atoms with E-state index in [4.69, 9.17) is 9.62 Å². The number of nitrogens with one attached hydrogen (secondary N) is 1. The highest BCUT2D eigenvalue weighted by Crippen LogP contribution is 2.14. The molecule has 0 aliphatic carbocycles. The molecule has 0 unspecified atom stereocenters. The summed E-state index contributed by atoms with van der Waals surface area (Å²) in [5, 5.41) is 9.42. The lowest BCUT2D eigenvalue weighted by Crippen LogP contribution is -2.07. The van der Waals surface area contributed by atoms with Crippen molar-refractivity contribution in [3.8, 4) is 0 Å². The maximum absolute atomic E-state index is 8.43. The van der Waals surface area contributed by atoms with Crippen LogP contribution in [0.4, 0.5) is 0 Å². The summed E-state index contributed by atoms with van der Waals surface area (Å²) in [6.07, 6.45) is 3.25. The molecule has 2 aromatic heterocycles. The van der Waals surface area contributed by atoms with Gasteiger partial charge in [-0.05, 0) is 12.1 Å². The van der Waals surface area contributed by atoms with Crippen LogP contribution in [-0.2, 0) is 6.54 Å². The first kappa shape index (κ1) is 7.27. The first-order chi connectivity index (χ1) is 5.90. The number of hydrogen-bond acceptors (Lipinski definition) is 4. The molecule has 0 bridgehead atoms. The molecule has 12 heavy (non-hydrogen) atoms. The molecule has 0 aromatic carbocycles. The molecule has 0 aliphatic heterocycles. The zero-order chi connectivity index (χ0) is 8.39. The van der Waals surface area contributed by atoms with Crippen molar-refractivity contribution in [1.29, 1.82) is 0 Å². The van der Waals surface area contributed by atoms with E-state index in [9.17, 15) is 0 Å². The van der Waals surface area contributed by atoms with Gasteiger partial charge in [-0.3, -0.25) is 4.98 Å². The Morgan fingerprint density at radius 2 is 2.50 bits per heavy atom. The van der Waals surface area contributed by atoms with E-state index in [-0.39, 0.29) is 0 Å². The number of nitrogens with zero attached hydrogens (tertiary/aromatic N) is 1. The largest absolute Gasteiger partial charge is 0.463 e. The minimum Gasteiger partial charge on any atom is -0.463 e. The zero-order valence-corrected chi connectivity index (χ0v) is 6.32. The highest BCUT2D eigenvalue weighted by molar-refractivity contribution is 5.76. The van der Waals surface area contributed by atoms with Crippen LogP contribution < -0.4 is 5.48 Å². The molecule has 0 atom stereocenters. The van der Waals surface area contributed by atoms with Crippen molar-refractivity contribution in [2.24, 2.45) is 0 Å². The summed E-state index contributed by atoms with van der Waals surface area (Å²) >= 11 is 0. The first-order valence-corrected chi connectivity index (χ1v) is 3.59. The molecule has 62 valence electrons. The molecule has 4 heteroatoms. The molecular weight excluding hydrogens is 156 g/mol. The number of fused-ring (bicyclic) bond motifs is 1. The van der Waals surface area contributed by atoms with E-state index in [1.165, 1.54) is 0 Å². The van der Waals surface area contributed by atoms with Crippen molar-refractivity contribution < 1.29 is 9.62 Å². The molecule has 4 nitrogen and oxygen atoms in total. The van der Waals surface area contributed by atoms with Crippen molar-refractivity contribution in [2.75, 3.05) is 0 Å². The SMILES string of the molecule is ONCc1cc2ccoc2cn1. The molecule has 0 fully saturated rings. The van der Waals surface area contributed by atoms with Gasteiger partial charge >= 0.3 is 0 Å². The molecule has 2 rings (SSSR count).